The van der Waals surface area contributed by atoms with E-state index in [0.717, 1.165) is 0 Å². The molecular formula is C18H24N6O6. The number of aromatic hydroxyl groups is 1. The molecule has 0 saturated carbocycles. The lowest BCUT2D eigenvalue weighted by molar-refractivity contribution is -0.383. The summed E-state index contributed by atoms with van der Waals surface area (Å²) in [5.74, 6) is -0.460. The summed E-state index contributed by atoms with van der Waals surface area (Å²) < 4.78 is 4.75. The molecule has 0 spiro atoms. The number of nitrogens with zero attached hydrogens (tertiary/aromatic N) is 3. The number of aromatic nitrogens is 1. The molecule has 1 aromatic carbocycles. The summed E-state index contributed by atoms with van der Waals surface area (Å²) >= 11 is 0. The third-order valence-electron chi connectivity index (χ3n) is 3.76. The Hall–Kier alpha value is -4.09. The number of nitro groups is 1. The van der Waals surface area contributed by atoms with Crippen molar-refractivity contribution in [3.05, 3.63) is 46.0 Å². The summed E-state index contributed by atoms with van der Waals surface area (Å²) in [5.41, 5.74) is 5.75. The number of carbonyl (C=O) groups is 1. The minimum atomic E-state index is -0.797. The van der Waals surface area contributed by atoms with Crippen molar-refractivity contribution in [3.8, 4) is 5.75 Å². The molecule has 1 atom stereocenters. The van der Waals surface area contributed by atoms with Crippen molar-refractivity contribution in [2.24, 2.45) is 5.16 Å². The van der Waals surface area contributed by atoms with E-state index in [-0.39, 0.29) is 37.0 Å². The molecule has 1 unspecified atom stereocenters. The van der Waals surface area contributed by atoms with Crippen molar-refractivity contribution in [2.45, 2.75) is 27.3 Å². The average molecular weight is 420 g/mol. The van der Waals surface area contributed by atoms with Crippen LogP contribution in [0.2, 0.25) is 0 Å². The maximum absolute atomic E-state index is 11.6. The summed E-state index contributed by atoms with van der Waals surface area (Å²) in [4.78, 5) is 26.1. The predicted octanol–water partition coefficient (Wildman–Crippen LogP) is 3.16. The number of oxime groups is 1. The summed E-state index contributed by atoms with van der Waals surface area (Å²) in [6.45, 7) is 3.34. The fraction of sp³-hybridized carbons (Fsp3) is 0.278. The van der Waals surface area contributed by atoms with Gasteiger partial charge in [-0.3, -0.25) is 15.4 Å². The monoisotopic (exact) mass is 420 g/mol. The molecule has 0 aliphatic carbocycles. The average Bonchev–Trinajstić information content (AvgIpc) is 2.63. The number of rotatable bonds is 7. The normalized spacial score (nSPS) is 11.7. The van der Waals surface area contributed by atoms with Crippen LogP contribution in [-0.2, 0) is 4.74 Å². The van der Waals surface area contributed by atoms with Crippen LogP contribution in [0, 0.1) is 10.1 Å². The fourth-order valence-electron chi connectivity index (χ4n) is 2.52. The van der Waals surface area contributed by atoms with Gasteiger partial charge in [0.1, 0.15) is 23.0 Å². The van der Waals surface area contributed by atoms with Crippen LogP contribution >= 0.6 is 0 Å². The first-order valence-electron chi connectivity index (χ1n) is 8.43. The van der Waals surface area contributed by atoms with Gasteiger partial charge in [0.2, 0.25) is 5.82 Å². The van der Waals surface area contributed by atoms with Crippen LogP contribution in [0.15, 0.2) is 35.5 Å². The quantitative estimate of drug-likeness (QED) is 0.194. The van der Waals surface area contributed by atoms with Gasteiger partial charge in [-0.1, -0.05) is 12.6 Å². The Bertz CT molecular complexity index is 932. The van der Waals surface area contributed by atoms with Gasteiger partial charge in [-0.05, 0) is 38.1 Å². The van der Waals surface area contributed by atoms with Crippen LogP contribution in [-0.4, -0.2) is 44.7 Å². The highest BCUT2D eigenvalue weighted by Crippen LogP contribution is 2.33. The van der Waals surface area contributed by atoms with Crippen molar-refractivity contribution in [3.63, 3.8) is 0 Å². The number of nitrogens with two attached hydrogens (primary N) is 1. The van der Waals surface area contributed by atoms with Gasteiger partial charge in [-0.15, -0.1) is 0 Å². The maximum Gasteiger partial charge on any atom is 0.412 e. The van der Waals surface area contributed by atoms with Gasteiger partial charge < -0.3 is 26.1 Å². The van der Waals surface area contributed by atoms with E-state index in [9.17, 15) is 25.2 Å². The van der Waals surface area contributed by atoms with Crippen molar-refractivity contribution >= 4 is 34.8 Å². The van der Waals surface area contributed by atoms with Crippen LogP contribution in [0.1, 0.15) is 26.8 Å². The Labute approximate surface area is 172 Å². The number of phenols is 1. The van der Waals surface area contributed by atoms with Crippen LogP contribution in [0.3, 0.4) is 0 Å². The molecule has 0 fully saturated rings. The molecule has 1 aromatic heterocycles. The fourth-order valence-corrected chi connectivity index (χ4v) is 2.52. The van der Waals surface area contributed by atoms with E-state index in [1.807, 2.05) is 0 Å². The van der Waals surface area contributed by atoms with Crippen molar-refractivity contribution in [1.82, 2.24) is 4.98 Å². The molecule has 12 heteroatoms. The second-order valence-corrected chi connectivity index (χ2v) is 5.79. The molecule has 0 radical (unpaired) electrons. The molecular weight excluding hydrogens is 396 g/mol. The lowest BCUT2D eigenvalue weighted by atomic mass is 10.0. The van der Waals surface area contributed by atoms with Gasteiger partial charge in [0, 0.05) is 11.6 Å². The summed E-state index contributed by atoms with van der Waals surface area (Å²) in [6, 6.07) is 6.34. The second kappa shape index (κ2) is 10.5. The van der Waals surface area contributed by atoms with E-state index in [2.05, 4.69) is 20.8 Å². The van der Waals surface area contributed by atoms with Gasteiger partial charge in [0.05, 0.1) is 17.6 Å². The zero-order chi connectivity index (χ0) is 21.6. The Morgan fingerprint density at radius 2 is 2.03 bits per heavy atom. The highest BCUT2D eigenvalue weighted by Gasteiger charge is 2.25. The van der Waals surface area contributed by atoms with Gasteiger partial charge in [0.15, 0.2) is 0 Å². The van der Waals surface area contributed by atoms with Crippen LogP contribution < -0.4 is 16.4 Å². The number of pyridine rings is 1. The number of ether oxygens (including phenoxy) is 1. The number of phenolic OH excluding ortho intramolecular Hbond substituents is 1. The number of nitrogens with one attached hydrogen (secondary N) is 2. The molecule has 2 aromatic rings. The molecule has 0 saturated heterocycles. The largest absolute Gasteiger partial charge is 0.508 e. The van der Waals surface area contributed by atoms with E-state index in [4.69, 9.17) is 10.5 Å². The Morgan fingerprint density at radius 1 is 1.40 bits per heavy atom. The van der Waals surface area contributed by atoms with Crippen molar-refractivity contribution in [1.29, 1.82) is 0 Å². The number of hydrogen-bond acceptors (Lipinski definition) is 10. The zero-order valence-corrected chi connectivity index (χ0v) is 15.6. The standard InChI is InChI=1S/C17H20N6O6.CH4/c1-3-29-17(25)21-13-8-12(15(23(27)28)16(18)20-13)19-9(2)14(22-26)10-4-6-11(24)7-5-10;/h4-9,24,26H,3H2,1-2H3,(H4,18,19,20,21,25);1H4/b22-14-;. The molecule has 0 bridgehead atoms. The highest BCUT2D eigenvalue weighted by molar-refractivity contribution is 6.05. The summed E-state index contributed by atoms with van der Waals surface area (Å²) in [7, 11) is 0. The molecule has 2 rings (SSSR count). The van der Waals surface area contributed by atoms with Gasteiger partial charge >= 0.3 is 11.8 Å². The molecule has 6 N–H and O–H groups in total. The number of anilines is 3. The van der Waals surface area contributed by atoms with Gasteiger partial charge in [-0.25, -0.2) is 9.78 Å². The first kappa shape index (κ1) is 23.9. The first-order chi connectivity index (χ1) is 13.8. The Kier molecular flexibility index (Phi) is 8.34. The molecule has 0 aliphatic rings. The van der Waals surface area contributed by atoms with Gasteiger partial charge in [0.25, 0.3) is 0 Å². The number of benzene rings is 1. The third kappa shape index (κ3) is 5.70. The maximum atomic E-state index is 11.6. The third-order valence-corrected chi connectivity index (χ3v) is 3.76. The van der Waals surface area contributed by atoms with Crippen LogP contribution in [0.5, 0.6) is 5.75 Å². The number of nitrogen functional groups attached to an aromatic ring is 1. The lowest BCUT2D eigenvalue weighted by Gasteiger charge is -2.18. The number of hydrogen-bond donors (Lipinski definition) is 5. The van der Waals surface area contributed by atoms with E-state index in [1.165, 1.54) is 30.3 Å². The topological polar surface area (TPSA) is 185 Å². The zero-order valence-electron chi connectivity index (χ0n) is 15.6. The first-order valence-corrected chi connectivity index (χ1v) is 8.43. The minimum absolute atomic E-state index is 0. The summed E-state index contributed by atoms with van der Waals surface area (Å²) in [6.07, 6.45) is -0.797. The summed E-state index contributed by atoms with van der Waals surface area (Å²) in [5, 5.41) is 38.6. The van der Waals surface area contributed by atoms with Crippen molar-refractivity contribution in [2.75, 3.05) is 23.0 Å². The minimum Gasteiger partial charge on any atom is -0.508 e. The predicted molar refractivity (Wildman–Crippen MR) is 112 cm³/mol. The second-order valence-electron chi connectivity index (χ2n) is 5.79. The highest BCUT2D eigenvalue weighted by atomic mass is 16.6. The molecule has 1 heterocycles. The van der Waals surface area contributed by atoms with E-state index >= 15 is 0 Å². The molecule has 30 heavy (non-hydrogen) atoms. The molecule has 1 amide bonds. The van der Waals surface area contributed by atoms with Crippen LogP contribution in [0.25, 0.3) is 0 Å². The molecule has 162 valence electrons. The molecule has 0 aliphatic heterocycles. The SMILES string of the molecule is C.CCOC(=O)Nc1cc(NC(C)/C(=N/O)c2ccc(O)cc2)c([N+](=O)[O-])c(N)n1. The van der Waals surface area contributed by atoms with E-state index in [1.54, 1.807) is 13.8 Å². The van der Waals surface area contributed by atoms with E-state index in [0.29, 0.717) is 5.56 Å². The van der Waals surface area contributed by atoms with E-state index < -0.39 is 28.6 Å². The smallest absolute Gasteiger partial charge is 0.412 e. The number of carbonyl (C=O) groups excluding carboxylic acids is 1. The Morgan fingerprint density at radius 3 is 2.57 bits per heavy atom. The van der Waals surface area contributed by atoms with Crippen LogP contribution in [0.4, 0.5) is 27.8 Å². The molecule has 12 nitrogen and oxygen atoms in total. The van der Waals surface area contributed by atoms with Crippen molar-refractivity contribution < 1.29 is 24.8 Å². The van der Waals surface area contributed by atoms with Gasteiger partial charge in [-0.2, -0.15) is 0 Å². The lowest BCUT2D eigenvalue weighted by Crippen LogP contribution is -2.28. The Balaban J connectivity index is 0.00000450. The number of amides is 1.